The molecule has 1 heteroatoms. The Kier molecular flexibility index (Phi) is 2.02. The minimum atomic E-state index is 0.492. The molecule has 0 saturated carbocycles. The summed E-state index contributed by atoms with van der Waals surface area (Å²) >= 11 is 0.492. The standard InChI is InChI=1S/C14H10Se/c1-2-10-7-8-14-12(9-10)11-5-3-4-6-13(11)15-14/h2-9H,1H2. The molecule has 0 nitrogen and oxygen atoms in total. The summed E-state index contributed by atoms with van der Waals surface area (Å²) in [5.41, 5.74) is 1.21. The summed E-state index contributed by atoms with van der Waals surface area (Å²) in [4.78, 5) is 0. The normalized spacial score (nSPS) is 10.9. The van der Waals surface area contributed by atoms with Crippen LogP contribution < -0.4 is 0 Å². The predicted molar refractivity (Wildman–Crippen MR) is 68.5 cm³/mol. The van der Waals surface area contributed by atoms with E-state index in [0.717, 1.165) is 0 Å². The van der Waals surface area contributed by atoms with Crippen molar-refractivity contribution in [1.82, 2.24) is 0 Å². The quantitative estimate of drug-likeness (QED) is 0.583. The first-order valence-electron chi connectivity index (χ1n) is 4.92. The molecule has 0 aliphatic heterocycles. The van der Waals surface area contributed by atoms with Gasteiger partial charge in [-0.05, 0) is 0 Å². The molecule has 0 saturated heterocycles. The number of fused-ring (bicyclic) bond motifs is 3. The van der Waals surface area contributed by atoms with Gasteiger partial charge in [-0.2, -0.15) is 0 Å². The zero-order valence-corrected chi connectivity index (χ0v) is 9.95. The Bertz CT molecular complexity index is 647. The Hall–Kier alpha value is -1.30. The molecule has 0 radical (unpaired) electrons. The van der Waals surface area contributed by atoms with Crippen LogP contribution in [0.4, 0.5) is 0 Å². The van der Waals surface area contributed by atoms with Crippen molar-refractivity contribution in [2.24, 2.45) is 0 Å². The topological polar surface area (TPSA) is 0 Å². The van der Waals surface area contributed by atoms with E-state index in [1.165, 1.54) is 24.9 Å². The zero-order valence-electron chi connectivity index (χ0n) is 8.23. The van der Waals surface area contributed by atoms with Crippen LogP contribution in [0.1, 0.15) is 5.56 Å². The van der Waals surface area contributed by atoms with E-state index in [4.69, 9.17) is 0 Å². The first-order valence-corrected chi connectivity index (χ1v) is 6.63. The summed E-state index contributed by atoms with van der Waals surface area (Å²) in [6.45, 7) is 3.82. The summed E-state index contributed by atoms with van der Waals surface area (Å²) in [5, 5.41) is 2.82. The molecule has 0 bridgehead atoms. The van der Waals surface area contributed by atoms with Crippen molar-refractivity contribution in [2.75, 3.05) is 0 Å². The van der Waals surface area contributed by atoms with E-state index in [-0.39, 0.29) is 0 Å². The summed E-state index contributed by atoms with van der Waals surface area (Å²) in [7, 11) is 0. The van der Waals surface area contributed by atoms with Gasteiger partial charge in [0.05, 0.1) is 0 Å². The maximum absolute atomic E-state index is 3.82. The van der Waals surface area contributed by atoms with Gasteiger partial charge >= 0.3 is 94.5 Å². The second-order valence-electron chi connectivity index (χ2n) is 3.56. The van der Waals surface area contributed by atoms with Crippen molar-refractivity contribution < 1.29 is 0 Å². The fourth-order valence-electron chi connectivity index (χ4n) is 1.87. The average molecular weight is 257 g/mol. The van der Waals surface area contributed by atoms with E-state index in [1.54, 1.807) is 0 Å². The van der Waals surface area contributed by atoms with Crippen molar-refractivity contribution >= 4 is 39.9 Å². The van der Waals surface area contributed by atoms with Gasteiger partial charge in [0, 0.05) is 0 Å². The molecule has 3 rings (SSSR count). The molecule has 0 aliphatic carbocycles. The number of rotatable bonds is 1. The van der Waals surface area contributed by atoms with Crippen molar-refractivity contribution in [1.29, 1.82) is 0 Å². The van der Waals surface area contributed by atoms with Crippen LogP contribution in [0.5, 0.6) is 0 Å². The van der Waals surface area contributed by atoms with Crippen LogP contribution in [0.25, 0.3) is 25.4 Å². The van der Waals surface area contributed by atoms with Crippen LogP contribution in [-0.2, 0) is 0 Å². The second-order valence-corrected chi connectivity index (χ2v) is 5.83. The zero-order chi connectivity index (χ0) is 10.3. The Balaban J connectivity index is 2.51. The summed E-state index contributed by atoms with van der Waals surface area (Å²) in [6.07, 6.45) is 1.91. The van der Waals surface area contributed by atoms with Gasteiger partial charge in [0.2, 0.25) is 0 Å². The number of benzene rings is 2. The predicted octanol–water partition coefficient (Wildman–Crippen LogP) is 3.69. The van der Waals surface area contributed by atoms with E-state index in [2.05, 4.69) is 49.0 Å². The van der Waals surface area contributed by atoms with Crippen molar-refractivity contribution in [3.8, 4) is 0 Å². The molecule has 0 aliphatic rings. The molecule has 0 fully saturated rings. The number of hydrogen-bond acceptors (Lipinski definition) is 0. The van der Waals surface area contributed by atoms with Gasteiger partial charge in [-0.3, -0.25) is 0 Å². The molecule has 1 aromatic heterocycles. The van der Waals surface area contributed by atoms with E-state index >= 15 is 0 Å². The van der Waals surface area contributed by atoms with Gasteiger partial charge in [-0.1, -0.05) is 0 Å². The van der Waals surface area contributed by atoms with Gasteiger partial charge in [-0.15, -0.1) is 0 Å². The molecule has 0 atom stereocenters. The molecule has 1 heterocycles. The fraction of sp³-hybridized carbons (Fsp3) is 0. The molecule has 0 spiro atoms. The Labute approximate surface area is 94.6 Å². The molecule has 2 aromatic carbocycles. The third-order valence-corrected chi connectivity index (χ3v) is 5.05. The molecule has 0 amide bonds. The van der Waals surface area contributed by atoms with Crippen LogP contribution in [0, 0.1) is 0 Å². The van der Waals surface area contributed by atoms with E-state index in [9.17, 15) is 0 Å². The Morgan fingerprint density at radius 3 is 2.60 bits per heavy atom. The van der Waals surface area contributed by atoms with Gasteiger partial charge in [0.15, 0.2) is 0 Å². The van der Waals surface area contributed by atoms with E-state index < -0.39 is 0 Å². The molecular formula is C14H10Se. The molecular weight excluding hydrogens is 247 g/mol. The maximum atomic E-state index is 3.82. The Morgan fingerprint density at radius 2 is 1.73 bits per heavy atom. The van der Waals surface area contributed by atoms with Crippen molar-refractivity contribution in [2.45, 2.75) is 0 Å². The minimum absolute atomic E-state index is 0.492. The van der Waals surface area contributed by atoms with Gasteiger partial charge in [0.1, 0.15) is 0 Å². The molecule has 0 N–H and O–H groups in total. The van der Waals surface area contributed by atoms with Crippen LogP contribution >= 0.6 is 0 Å². The first-order chi connectivity index (χ1) is 7.38. The number of hydrogen-bond donors (Lipinski definition) is 0. The van der Waals surface area contributed by atoms with Crippen molar-refractivity contribution in [3.63, 3.8) is 0 Å². The summed E-state index contributed by atoms with van der Waals surface area (Å²) < 4.78 is 3.00. The average Bonchev–Trinajstić information content (AvgIpc) is 2.66. The van der Waals surface area contributed by atoms with E-state index in [1.807, 2.05) is 6.08 Å². The van der Waals surface area contributed by atoms with Crippen LogP contribution in [0.3, 0.4) is 0 Å². The van der Waals surface area contributed by atoms with Crippen LogP contribution in [-0.4, -0.2) is 14.5 Å². The molecule has 72 valence electrons. The van der Waals surface area contributed by atoms with Gasteiger partial charge < -0.3 is 0 Å². The summed E-state index contributed by atoms with van der Waals surface area (Å²) in [5.74, 6) is 0. The summed E-state index contributed by atoms with van der Waals surface area (Å²) in [6, 6.07) is 15.3. The van der Waals surface area contributed by atoms with Gasteiger partial charge in [-0.25, -0.2) is 0 Å². The molecule has 0 unspecified atom stereocenters. The fourth-order valence-corrected chi connectivity index (χ4v) is 4.15. The molecule has 3 aromatic rings. The third-order valence-electron chi connectivity index (χ3n) is 2.64. The van der Waals surface area contributed by atoms with Crippen molar-refractivity contribution in [3.05, 3.63) is 54.6 Å². The first kappa shape index (κ1) is 8.96. The molecule has 15 heavy (non-hydrogen) atoms. The van der Waals surface area contributed by atoms with Crippen LogP contribution in [0.15, 0.2) is 49.0 Å². The van der Waals surface area contributed by atoms with Gasteiger partial charge in [0.25, 0.3) is 0 Å². The van der Waals surface area contributed by atoms with E-state index in [0.29, 0.717) is 14.5 Å². The van der Waals surface area contributed by atoms with Crippen LogP contribution in [0.2, 0.25) is 0 Å². The second kappa shape index (κ2) is 3.37. The SMILES string of the molecule is C=Cc1ccc2[se]c3ccccc3c2c1. The third kappa shape index (κ3) is 1.36. The monoisotopic (exact) mass is 258 g/mol. The Morgan fingerprint density at radius 1 is 0.933 bits per heavy atom.